The van der Waals surface area contributed by atoms with Gasteiger partial charge < -0.3 is 5.11 Å². The van der Waals surface area contributed by atoms with Crippen LogP contribution in [0.4, 0.5) is 11.4 Å². The van der Waals surface area contributed by atoms with Gasteiger partial charge in [-0.25, -0.2) is 4.99 Å². The molecule has 1 aromatic rings. The summed E-state index contributed by atoms with van der Waals surface area (Å²) in [6, 6.07) is 5.29. The second-order valence-corrected chi connectivity index (χ2v) is 3.77. The highest BCUT2D eigenvalue weighted by molar-refractivity contribution is 5.72. The molecule has 0 saturated heterocycles. The minimum Gasteiger partial charge on any atom is -0.815 e. The summed E-state index contributed by atoms with van der Waals surface area (Å²) in [6.07, 6.45) is 1.86. The van der Waals surface area contributed by atoms with E-state index in [-0.39, 0.29) is 6.02 Å². The summed E-state index contributed by atoms with van der Waals surface area (Å²) in [5, 5.41) is 20.6. The van der Waals surface area contributed by atoms with E-state index in [4.69, 9.17) is 5.39 Å². The van der Waals surface area contributed by atoms with E-state index in [1.165, 1.54) is 7.05 Å². The molecule has 1 aliphatic rings. The van der Waals surface area contributed by atoms with Crippen LogP contribution in [0, 0.1) is 5.39 Å². The number of quaternary nitrogens is 1. The van der Waals surface area contributed by atoms with E-state index in [1.807, 2.05) is 12.1 Å². The molecule has 2 rings (SSSR count). The maximum Gasteiger partial charge on any atom is 0.445 e. The average molecular weight is 217 g/mol. The highest BCUT2D eigenvalue weighted by Crippen LogP contribution is 2.28. The van der Waals surface area contributed by atoms with Crippen LogP contribution in [0.1, 0.15) is 12.0 Å². The Morgan fingerprint density at radius 1 is 1.56 bits per heavy atom. The number of amidine groups is 1. The Bertz CT molecular complexity index is 475. The Balaban J connectivity index is 2.56. The Kier molecular flexibility index (Phi) is 2.84. The molecule has 0 amide bonds. The maximum absolute atomic E-state index is 11.7. The van der Waals surface area contributed by atoms with Gasteiger partial charge in [-0.1, -0.05) is 12.1 Å². The van der Waals surface area contributed by atoms with E-state index in [0.29, 0.717) is 17.1 Å². The minimum absolute atomic E-state index is 0.211. The van der Waals surface area contributed by atoms with E-state index in [2.05, 4.69) is 9.97 Å². The third kappa shape index (κ3) is 1.64. The SMILES string of the molecule is CN=C([O-])[NH+]1CCCc2cccc([N+]#N)c21. The van der Waals surface area contributed by atoms with E-state index >= 15 is 0 Å². The molecule has 1 atom stereocenters. The first-order chi connectivity index (χ1) is 7.77. The lowest BCUT2D eigenvalue weighted by Gasteiger charge is -2.26. The number of aryl methyl sites for hydroxylation is 1. The van der Waals surface area contributed by atoms with Crippen LogP contribution in [0.3, 0.4) is 0 Å². The van der Waals surface area contributed by atoms with E-state index in [9.17, 15) is 5.11 Å². The van der Waals surface area contributed by atoms with Crippen molar-refractivity contribution in [3.63, 3.8) is 0 Å². The number of diazo groups is 1. The van der Waals surface area contributed by atoms with Gasteiger partial charge in [0.2, 0.25) is 11.1 Å². The number of aliphatic imine (C=N–C) groups is 1. The Labute approximate surface area is 93.7 Å². The average Bonchev–Trinajstić information content (AvgIpc) is 2.36. The molecule has 5 nitrogen and oxygen atoms in total. The third-order valence-corrected chi connectivity index (χ3v) is 2.87. The van der Waals surface area contributed by atoms with Crippen molar-refractivity contribution in [2.75, 3.05) is 13.6 Å². The number of fused-ring (bicyclic) bond motifs is 1. The van der Waals surface area contributed by atoms with Gasteiger partial charge in [0.05, 0.1) is 6.54 Å². The first kappa shape index (κ1) is 10.6. The van der Waals surface area contributed by atoms with Crippen LogP contribution in [0.15, 0.2) is 23.2 Å². The van der Waals surface area contributed by atoms with Crippen LogP contribution in [0.2, 0.25) is 0 Å². The fourth-order valence-electron chi connectivity index (χ4n) is 2.16. The zero-order chi connectivity index (χ0) is 11.5. The molecule has 1 unspecified atom stereocenters. The molecule has 1 aromatic carbocycles. The number of hydrogen-bond donors (Lipinski definition) is 1. The lowest BCUT2D eigenvalue weighted by atomic mass is 10.0. The zero-order valence-electron chi connectivity index (χ0n) is 9.10. The Morgan fingerprint density at radius 2 is 2.38 bits per heavy atom. The van der Waals surface area contributed by atoms with Gasteiger partial charge in [-0.2, -0.15) is 0 Å². The third-order valence-electron chi connectivity index (χ3n) is 2.87. The van der Waals surface area contributed by atoms with E-state index < -0.39 is 0 Å². The van der Waals surface area contributed by atoms with Crippen LogP contribution in [-0.2, 0) is 6.42 Å². The largest absolute Gasteiger partial charge is 0.815 e. The van der Waals surface area contributed by atoms with Gasteiger partial charge in [0, 0.05) is 25.1 Å². The van der Waals surface area contributed by atoms with Crippen molar-refractivity contribution in [3.8, 4) is 0 Å². The molecular weight excluding hydrogens is 204 g/mol. The topological polar surface area (TPSA) is 68.0 Å². The monoisotopic (exact) mass is 217 g/mol. The lowest BCUT2D eigenvalue weighted by molar-refractivity contribution is -0.770. The second kappa shape index (κ2) is 4.29. The Hall–Kier alpha value is -1.93. The second-order valence-electron chi connectivity index (χ2n) is 3.77. The van der Waals surface area contributed by atoms with Gasteiger partial charge in [0.15, 0.2) is 11.0 Å². The standard InChI is InChI=1S/C11H12N4O/c1-13-11(16)15-7-3-5-8-4-2-6-9(14-12)10(8)15/h2,4,6H,3,5,7H2,1H3/p+1. The minimum atomic E-state index is -0.211. The molecule has 1 N–H and O–H groups in total. The Morgan fingerprint density at radius 3 is 3.06 bits per heavy atom. The fraction of sp³-hybridized carbons (Fsp3) is 0.364. The fourth-order valence-corrected chi connectivity index (χ4v) is 2.16. The molecule has 16 heavy (non-hydrogen) atoms. The first-order valence-corrected chi connectivity index (χ1v) is 5.25. The summed E-state index contributed by atoms with van der Waals surface area (Å²) in [4.78, 5) is 7.59. The van der Waals surface area contributed by atoms with Gasteiger partial charge in [0.25, 0.3) is 0 Å². The molecular formula is C11H13N4O+. The summed E-state index contributed by atoms with van der Waals surface area (Å²) in [7, 11) is 1.49. The van der Waals surface area contributed by atoms with Crippen LogP contribution in [0.25, 0.3) is 4.98 Å². The van der Waals surface area contributed by atoms with Gasteiger partial charge >= 0.3 is 5.69 Å². The van der Waals surface area contributed by atoms with Gasteiger partial charge in [-0.15, -0.1) is 0 Å². The number of benzene rings is 1. The smallest absolute Gasteiger partial charge is 0.445 e. The number of nitrogens with one attached hydrogen (secondary N) is 1. The molecule has 0 radical (unpaired) electrons. The number of hydrogen-bond acceptors (Lipinski definition) is 3. The summed E-state index contributed by atoms with van der Waals surface area (Å²) < 4.78 is 0. The maximum atomic E-state index is 11.7. The predicted octanol–water partition coefficient (Wildman–Crippen LogP) is -0.0201. The van der Waals surface area contributed by atoms with Crippen molar-refractivity contribution >= 4 is 17.4 Å². The van der Waals surface area contributed by atoms with Crippen molar-refractivity contribution in [1.82, 2.24) is 0 Å². The highest BCUT2D eigenvalue weighted by Gasteiger charge is 2.31. The predicted molar refractivity (Wildman–Crippen MR) is 58.4 cm³/mol. The zero-order valence-corrected chi connectivity index (χ0v) is 9.10. The first-order valence-electron chi connectivity index (χ1n) is 5.25. The number of rotatable bonds is 0. The van der Waals surface area contributed by atoms with Crippen LogP contribution < -0.4 is 10.0 Å². The van der Waals surface area contributed by atoms with Crippen molar-refractivity contribution in [2.24, 2.45) is 4.99 Å². The van der Waals surface area contributed by atoms with Gasteiger partial charge in [-0.05, 0) is 6.42 Å². The molecule has 0 aromatic heterocycles. The molecule has 0 bridgehead atoms. The van der Waals surface area contributed by atoms with Crippen LogP contribution in [-0.4, -0.2) is 19.6 Å². The van der Waals surface area contributed by atoms with Crippen molar-refractivity contribution in [1.29, 1.82) is 5.39 Å². The summed E-state index contributed by atoms with van der Waals surface area (Å²) in [5.41, 5.74) is 2.30. The van der Waals surface area contributed by atoms with E-state index in [0.717, 1.165) is 24.1 Å². The molecule has 0 fully saturated rings. The summed E-state index contributed by atoms with van der Waals surface area (Å²) in [5.74, 6) is 0. The molecule has 0 saturated carbocycles. The molecule has 1 aliphatic heterocycles. The molecule has 1 heterocycles. The summed E-state index contributed by atoms with van der Waals surface area (Å²) >= 11 is 0. The number of nitrogens with zero attached hydrogens (tertiary/aromatic N) is 3. The lowest BCUT2D eigenvalue weighted by Crippen LogP contribution is -3.13. The molecule has 0 aliphatic carbocycles. The molecule has 0 spiro atoms. The van der Waals surface area contributed by atoms with Gasteiger partial charge in [0.1, 0.15) is 0 Å². The van der Waals surface area contributed by atoms with E-state index in [1.54, 1.807) is 6.07 Å². The molecule has 82 valence electrons. The van der Waals surface area contributed by atoms with Crippen molar-refractivity contribution < 1.29 is 10.0 Å². The molecule has 5 heteroatoms. The van der Waals surface area contributed by atoms with Crippen LogP contribution in [0.5, 0.6) is 0 Å². The highest BCUT2D eigenvalue weighted by atomic mass is 16.3. The number of para-hydroxylation sites is 1. The van der Waals surface area contributed by atoms with Crippen molar-refractivity contribution in [3.05, 3.63) is 28.7 Å². The normalized spacial score (nSPS) is 20.0. The summed E-state index contributed by atoms with van der Waals surface area (Å²) in [6.45, 7) is 0.704. The quantitative estimate of drug-likeness (QED) is 0.377. The van der Waals surface area contributed by atoms with Gasteiger partial charge in [-0.3, -0.25) is 4.90 Å². The van der Waals surface area contributed by atoms with Crippen molar-refractivity contribution in [2.45, 2.75) is 12.8 Å². The van der Waals surface area contributed by atoms with Crippen LogP contribution >= 0.6 is 0 Å².